The molecule has 228 valence electrons. The number of morpholine rings is 1. The van der Waals surface area contributed by atoms with Crippen molar-refractivity contribution in [2.24, 2.45) is 0 Å². The molecule has 4 atom stereocenters. The standard InChI is InChI=1S/C30H30Cl2FN3O6S/c1-2-22(17-35(43(40,41)23-12-13-23)29-24(33)7-4-14-34-29)36-27(18-8-10-20(31)11-9-18)28(19-5-3-6-21(32)15-19)42-25(30(36)39)16-26(37)38/h3-11,14-15,22-23,25,27-28H,2,12-13,16-17H2,1H3,(H,37,38)/t22-,25-,27+,28+/m0/s1. The Balaban J connectivity index is 1.66. The van der Waals surface area contributed by atoms with Crippen molar-refractivity contribution in [3.05, 3.63) is 93.8 Å². The molecule has 13 heteroatoms. The molecule has 1 aliphatic carbocycles. The third-order valence-corrected chi connectivity index (χ3v) is 10.4. The monoisotopic (exact) mass is 649 g/mol. The smallest absolute Gasteiger partial charge is 0.306 e. The molecule has 2 aromatic carbocycles. The average Bonchev–Trinajstić information content (AvgIpc) is 3.82. The molecule has 1 N–H and O–H groups in total. The van der Waals surface area contributed by atoms with Crippen molar-refractivity contribution in [2.45, 2.75) is 62.1 Å². The molecule has 1 aromatic heterocycles. The van der Waals surface area contributed by atoms with Gasteiger partial charge in [0.1, 0.15) is 12.2 Å². The SMILES string of the molecule is CC[C@@H](CN(c1ncccc1F)S(=O)(=O)C1CC1)N1C(=O)[C@H](CC(=O)O)O[C@H](c2cccc(Cl)c2)[C@H]1c1ccc(Cl)cc1. The Labute approximate surface area is 259 Å². The first-order valence-corrected chi connectivity index (χ1v) is 16.1. The number of halogens is 3. The minimum absolute atomic E-state index is 0.253. The van der Waals surface area contributed by atoms with Gasteiger partial charge in [-0.3, -0.25) is 9.59 Å². The van der Waals surface area contributed by atoms with E-state index in [1.807, 2.05) is 0 Å². The molecule has 9 nitrogen and oxygen atoms in total. The van der Waals surface area contributed by atoms with Crippen LogP contribution in [0.25, 0.3) is 0 Å². The lowest BCUT2D eigenvalue weighted by Gasteiger charge is -2.48. The predicted octanol–water partition coefficient (Wildman–Crippen LogP) is 5.79. The van der Waals surface area contributed by atoms with Gasteiger partial charge < -0.3 is 14.7 Å². The number of aliphatic carboxylic acids is 1. The summed E-state index contributed by atoms with van der Waals surface area (Å²) in [5, 5.41) is 9.84. The first-order valence-electron chi connectivity index (χ1n) is 13.8. The van der Waals surface area contributed by atoms with E-state index >= 15 is 4.39 Å². The Kier molecular flexibility index (Phi) is 9.26. The summed E-state index contributed by atoms with van der Waals surface area (Å²) in [6.07, 6.45) is -0.437. The third kappa shape index (κ3) is 6.64. The van der Waals surface area contributed by atoms with Crippen molar-refractivity contribution in [1.29, 1.82) is 0 Å². The molecule has 1 amide bonds. The zero-order chi connectivity index (χ0) is 30.9. The van der Waals surface area contributed by atoms with Crippen LogP contribution in [0.2, 0.25) is 10.0 Å². The second kappa shape index (κ2) is 12.8. The normalized spacial score (nSPS) is 21.4. The number of hydrogen-bond donors (Lipinski definition) is 1. The summed E-state index contributed by atoms with van der Waals surface area (Å²) < 4.78 is 49.6. The molecular formula is C30H30Cl2FN3O6S. The highest BCUT2D eigenvalue weighted by Crippen LogP contribution is 2.45. The topological polar surface area (TPSA) is 117 Å². The Morgan fingerprint density at radius 3 is 2.44 bits per heavy atom. The number of rotatable bonds is 11. The Bertz CT molecular complexity index is 1610. The summed E-state index contributed by atoms with van der Waals surface area (Å²) in [4.78, 5) is 31.5. The van der Waals surface area contributed by atoms with Crippen LogP contribution in [0.5, 0.6) is 0 Å². The predicted molar refractivity (Wildman–Crippen MR) is 160 cm³/mol. The van der Waals surface area contributed by atoms with E-state index in [1.165, 1.54) is 17.2 Å². The second-order valence-electron chi connectivity index (χ2n) is 10.6. The van der Waals surface area contributed by atoms with E-state index in [-0.39, 0.29) is 18.8 Å². The highest BCUT2D eigenvalue weighted by molar-refractivity contribution is 7.93. The number of ether oxygens (including phenoxy) is 1. The van der Waals surface area contributed by atoms with Gasteiger partial charge in [-0.2, -0.15) is 0 Å². The molecular weight excluding hydrogens is 620 g/mol. The van der Waals surface area contributed by atoms with E-state index in [2.05, 4.69) is 4.98 Å². The number of pyridine rings is 1. The second-order valence-corrected chi connectivity index (χ2v) is 13.6. The number of carbonyl (C=O) groups is 2. The number of amides is 1. The first kappa shape index (κ1) is 31.2. The molecule has 0 radical (unpaired) electrons. The van der Waals surface area contributed by atoms with Crippen LogP contribution in [0.15, 0.2) is 66.9 Å². The van der Waals surface area contributed by atoms with Gasteiger partial charge in [0.05, 0.1) is 30.3 Å². The van der Waals surface area contributed by atoms with Crippen molar-refractivity contribution < 1.29 is 32.2 Å². The van der Waals surface area contributed by atoms with Crippen LogP contribution in [0.1, 0.15) is 55.9 Å². The molecule has 3 aromatic rings. The van der Waals surface area contributed by atoms with Gasteiger partial charge in [0, 0.05) is 16.2 Å². The fourth-order valence-corrected chi connectivity index (χ4v) is 7.59. The van der Waals surface area contributed by atoms with E-state index in [9.17, 15) is 23.1 Å². The summed E-state index contributed by atoms with van der Waals surface area (Å²) in [5.74, 6) is -3.04. The number of aromatic nitrogens is 1. The fraction of sp³-hybridized carbons (Fsp3) is 0.367. The van der Waals surface area contributed by atoms with Gasteiger partial charge in [0.25, 0.3) is 5.91 Å². The summed E-state index contributed by atoms with van der Waals surface area (Å²) >= 11 is 12.5. The molecule has 2 aliphatic rings. The van der Waals surface area contributed by atoms with Crippen molar-refractivity contribution >= 4 is 50.9 Å². The molecule has 2 fully saturated rings. The fourth-order valence-electron chi connectivity index (χ4n) is 5.42. The zero-order valence-corrected chi connectivity index (χ0v) is 25.5. The third-order valence-electron chi connectivity index (χ3n) is 7.65. The van der Waals surface area contributed by atoms with Crippen LogP contribution in [0.3, 0.4) is 0 Å². The van der Waals surface area contributed by atoms with E-state index < -0.39 is 63.7 Å². The number of nitrogens with zero attached hydrogens (tertiary/aromatic N) is 3. The lowest BCUT2D eigenvalue weighted by atomic mass is 9.89. The molecule has 1 aliphatic heterocycles. The van der Waals surface area contributed by atoms with Crippen LogP contribution in [-0.2, 0) is 24.3 Å². The Hall–Kier alpha value is -3.25. The van der Waals surface area contributed by atoms with Gasteiger partial charge in [-0.05, 0) is 66.8 Å². The number of benzene rings is 2. The van der Waals surface area contributed by atoms with Gasteiger partial charge in [0.2, 0.25) is 10.0 Å². The highest BCUT2D eigenvalue weighted by atomic mass is 35.5. The maximum Gasteiger partial charge on any atom is 0.306 e. The van der Waals surface area contributed by atoms with Crippen LogP contribution < -0.4 is 4.31 Å². The minimum Gasteiger partial charge on any atom is -0.481 e. The number of hydrogen-bond acceptors (Lipinski definition) is 6. The average molecular weight is 651 g/mol. The molecule has 0 bridgehead atoms. The molecule has 2 heterocycles. The molecule has 0 spiro atoms. The lowest BCUT2D eigenvalue weighted by Crippen LogP contribution is -2.58. The van der Waals surface area contributed by atoms with E-state index in [0.717, 1.165) is 10.4 Å². The van der Waals surface area contributed by atoms with Gasteiger partial charge in [-0.1, -0.05) is 54.4 Å². The van der Waals surface area contributed by atoms with Crippen LogP contribution in [-0.4, -0.2) is 59.2 Å². The summed E-state index contributed by atoms with van der Waals surface area (Å²) in [6.45, 7) is 1.48. The minimum atomic E-state index is -4.02. The van der Waals surface area contributed by atoms with Crippen LogP contribution >= 0.6 is 23.2 Å². The van der Waals surface area contributed by atoms with Crippen LogP contribution in [0, 0.1) is 5.82 Å². The van der Waals surface area contributed by atoms with E-state index in [0.29, 0.717) is 34.0 Å². The molecule has 1 saturated carbocycles. The molecule has 1 saturated heterocycles. The van der Waals surface area contributed by atoms with E-state index in [4.69, 9.17) is 27.9 Å². The maximum atomic E-state index is 15.1. The van der Waals surface area contributed by atoms with Crippen molar-refractivity contribution in [1.82, 2.24) is 9.88 Å². The zero-order valence-electron chi connectivity index (χ0n) is 23.1. The molecule has 0 unspecified atom stereocenters. The summed E-state index contributed by atoms with van der Waals surface area (Å²) in [5.41, 5.74) is 1.21. The Morgan fingerprint density at radius 2 is 1.84 bits per heavy atom. The number of sulfonamides is 1. The van der Waals surface area contributed by atoms with Crippen molar-refractivity contribution in [2.75, 3.05) is 10.8 Å². The molecule has 43 heavy (non-hydrogen) atoms. The van der Waals surface area contributed by atoms with Crippen LogP contribution in [0.4, 0.5) is 10.2 Å². The Morgan fingerprint density at radius 1 is 1.12 bits per heavy atom. The van der Waals surface area contributed by atoms with Gasteiger partial charge in [-0.25, -0.2) is 22.1 Å². The largest absolute Gasteiger partial charge is 0.481 e. The van der Waals surface area contributed by atoms with Crippen molar-refractivity contribution in [3.8, 4) is 0 Å². The quantitative estimate of drug-likeness (QED) is 0.279. The van der Waals surface area contributed by atoms with E-state index in [1.54, 1.807) is 55.5 Å². The maximum absolute atomic E-state index is 15.1. The van der Waals surface area contributed by atoms with Crippen molar-refractivity contribution in [3.63, 3.8) is 0 Å². The lowest BCUT2D eigenvalue weighted by molar-refractivity contribution is -0.183. The number of anilines is 1. The first-order chi connectivity index (χ1) is 20.5. The van der Waals surface area contributed by atoms with Gasteiger partial charge >= 0.3 is 5.97 Å². The van der Waals surface area contributed by atoms with Gasteiger partial charge in [-0.15, -0.1) is 0 Å². The number of carboxylic acid groups (broad SMARTS) is 1. The summed E-state index contributed by atoms with van der Waals surface area (Å²) in [6, 6.07) is 14.5. The van der Waals surface area contributed by atoms with Gasteiger partial charge in [0.15, 0.2) is 11.6 Å². The number of carboxylic acids is 1. The highest BCUT2D eigenvalue weighted by Gasteiger charge is 2.49. The number of carbonyl (C=O) groups excluding carboxylic acids is 1. The molecule has 5 rings (SSSR count). The summed E-state index contributed by atoms with van der Waals surface area (Å²) in [7, 11) is -4.02.